The minimum absolute atomic E-state index is 0.0240. The van der Waals surface area contributed by atoms with Gasteiger partial charge in [-0.15, -0.1) is 0 Å². The average molecular weight is 446 g/mol. The second-order valence-electron chi connectivity index (χ2n) is 6.20. The highest BCUT2D eigenvalue weighted by molar-refractivity contribution is 6.34. The van der Waals surface area contributed by atoms with Crippen molar-refractivity contribution < 1.29 is 14.6 Å². The quantitative estimate of drug-likeness (QED) is 0.446. The molecule has 0 saturated heterocycles. The molecule has 1 aromatic heterocycles. The molecule has 0 unspecified atom stereocenters. The molecule has 1 heterocycles. The summed E-state index contributed by atoms with van der Waals surface area (Å²) >= 11 is 12.0. The highest BCUT2D eigenvalue weighted by Crippen LogP contribution is 2.35. The lowest BCUT2D eigenvalue weighted by Gasteiger charge is -2.08. The first kappa shape index (κ1) is 21.4. The van der Waals surface area contributed by atoms with Crippen LogP contribution in [0.15, 0.2) is 64.6 Å². The van der Waals surface area contributed by atoms with Gasteiger partial charge in [0.05, 0.1) is 24.9 Å². The van der Waals surface area contributed by atoms with Gasteiger partial charge in [0.25, 0.3) is 11.5 Å². The largest absolute Gasteiger partial charge is 0.503 e. The van der Waals surface area contributed by atoms with Crippen LogP contribution in [-0.2, 0) is 6.54 Å². The molecule has 0 atom stereocenters. The Labute approximate surface area is 182 Å². The van der Waals surface area contributed by atoms with E-state index in [9.17, 15) is 14.7 Å². The van der Waals surface area contributed by atoms with Gasteiger partial charge in [0.1, 0.15) is 5.56 Å². The van der Waals surface area contributed by atoms with E-state index >= 15 is 0 Å². The smallest absolute Gasteiger partial charge is 0.276 e. The highest BCUT2D eigenvalue weighted by atomic mass is 35.5. The maximum atomic E-state index is 12.7. The first-order valence-electron chi connectivity index (χ1n) is 8.73. The molecule has 0 fully saturated rings. The number of ether oxygens (including phenoxy) is 1. The molecule has 0 bridgehead atoms. The van der Waals surface area contributed by atoms with Crippen molar-refractivity contribution in [2.24, 2.45) is 5.10 Å². The van der Waals surface area contributed by atoms with Gasteiger partial charge in [-0.3, -0.25) is 9.59 Å². The minimum atomic E-state index is -0.675. The molecular weight excluding hydrogens is 429 g/mol. The van der Waals surface area contributed by atoms with Gasteiger partial charge < -0.3 is 14.4 Å². The molecule has 1 amide bonds. The molecule has 0 radical (unpaired) electrons. The Morgan fingerprint density at radius 2 is 2.03 bits per heavy atom. The van der Waals surface area contributed by atoms with E-state index in [1.54, 1.807) is 36.5 Å². The van der Waals surface area contributed by atoms with Crippen molar-refractivity contribution in [1.29, 1.82) is 0 Å². The Balaban J connectivity index is 1.75. The third-order valence-electron chi connectivity index (χ3n) is 4.21. The first-order valence-corrected chi connectivity index (χ1v) is 9.49. The zero-order valence-corrected chi connectivity index (χ0v) is 17.3. The summed E-state index contributed by atoms with van der Waals surface area (Å²) in [5, 5.41) is 14.3. The van der Waals surface area contributed by atoms with Crippen LogP contribution in [0.5, 0.6) is 11.5 Å². The van der Waals surface area contributed by atoms with Gasteiger partial charge in [-0.05, 0) is 42.0 Å². The Hall–Kier alpha value is -3.29. The lowest BCUT2D eigenvalue weighted by Crippen LogP contribution is -2.30. The fourth-order valence-corrected chi connectivity index (χ4v) is 3.13. The summed E-state index contributed by atoms with van der Waals surface area (Å²) in [6.07, 6.45) is 2.84. The topological polar surface area (TPSA) is 92.9 Å². The van der Waals surface area contributed by atoms with E-state index in [1.807, 2.05) is 6.07 Å². The Morgan fingerprint density at radius 3 is 2.77 bits per heavy atom. The Kier molecular flexibility index (Phi) is 6.76. The molecule has 0 saturated carbocycles. The van der Waals surface area contributed by atoms with Crippen LogP contribution in [0.3, 0.4) is 0 Å². The van der Waals surface area contributed by atoms with Crippen molar-refractivity contribution >= 4 is 35.3 Å². The molecule has 0 aliphatic heterocycles. The van der Waals surface area contributed by atoms with Crippen LogP contribution in [0.4, 0.5) is 0 Å². The van der Waals surface area contributed by atoms with E-state index < -0.39 is 11.5 Å². The number of hydrogen-bond acceptors (Lipinski definition) is 5. The molecule has 2 aromatic carbocycles. The zero-order valence-electron chi connectivity index (χ0n) is 15.8. The normalized spacial score (nSPS) is 10.9. The lowest BCUT2D eigenvalue weighted by molar-refractivity contribution is 0.0953. The summed E-state index contributed by atoms with van der Waals surface area (Å²) in [4.78, 5) is 25.1. The van der Waals surface area contributed by atoms with E-state index in [4.69, 9.17) is 27.9 Å². The van der Waals surface area contributed by atoms with Crippen molar-refractivity contribution in [3.05, 3.63) is 91.8 Å². The number of carbonyl (C=O) groups is 1. The number of halogens is 2. The number of methoxy groups -OCH3 is 1. The van der Waals surface area contributed by atoms with Crippen LogP contribution < -0.4 is 15.7 Å². The SMILES string of the molecule is COc1ccc(/C=N\NC(=O)c2cccn(Cc3cccc(Cl)c3)c2=O)c(Cl)c1O. The van der Waals surface area contributed by atoms with E-state index in [1.165, 1.54) is 30.0 Å². The first-order chi connectivity index (χ1) is 14.4. The fraction of sp³-hybridized carbons (Fsp3) is 0.0952. The summed E-state index contributed by atoms with van der Waals surface area (Å²) in [5.74, 6) is -0.697. The van der Waals surface area contributed by atoms with Crippen molar-refractivity contribution in [2.75, 3.05) is 7.11 Å². The third-order valence-corrected chi connectivity index (χ3v) is 4.84. The predicted molar refractivity (Wildman–Crippen MR) is 116 cm³/mol. The third kappa shape index (κ3) is 4.82. The maximum Gasteiger partial charge on any atom is 0.276 e. The van der Waals surface area contributed by atoms with Crippen LogP contribution in [0.1, 0.15) is 21.5 Å². The summed E-state index contributed by atoms with van der Waals surface area (Å²) in [5.41, 5.74) is 2.94. The number of pyridine rings is 1. The van der Waals surface area contributed by atoms with Gasteiger partial charge in [-0.1, -0.05) is 35.3 Å². The van der Waals surface area contributed by atoms with E-state index in [-0.39, 0.29) is 28.6 Å². The zero-order chi connectivity index (χ0) is 21.7. The van der Waals surface area contributed by atoms with Crippen molar-refractivity contribution in [2.45, 2.75) is 6.54 Å². The van der Waals surface area contributed by atoms with Crippen LogP contribution in [0.25, 0.3) is 0 Å². The fourth-order valence-electron chi connectivity index (χ4n) is 2.71. The van der Waals surface area contributed by atoms with Gasteiger partial charge in [0.15, 0.2) is 11.5 Å². The second kappa shape index (κ2) is 9.47. The lowest BCUT2D eigenvalue weighted by atomic mass is 10.2. The summed E-state index contributed by atoms with van der Waals surface area (Å²) in [6.45, 7) is 0.268. The number of aromatic nitrogens is 1. The maximum absolute atomic E-state index is 12.7. The molecule has 3 rings (SSSR count). The standard InChI is InChI=1S/C21H17Cl2N3O4/c1-30-17-8-7-14(18(23)19(17)27)11-24-25-20(28)16-6-3-9-26(21(16)29)12-13-4-2-5-15(22)10-13/h2-11,27H,12H2,1H3,(H,25,28)/b24-11-. The number of nitrogens with one attached hydrogen (secondary N) is 1. The molecule has 0 aliphatic rings. The van der Waals surface area contributed by atoms with Gasteiger partial charge in [0.2, 0.25) is 0 Å². The van der Waals surface area contributed by atoms with Crippen molar-refractivity contribution in [3.63, 3.8) is 0 Å². The highest BCUT2D eigenvalue weighted by Gasteiger charge is 2.13. The summed E-state index contributed by atoms with van der Waals surface area (Å²) in [6, 6.07) is 13.2. The molecule has 9 heteroatoms. The molecule has 0 spiro atoms. The van der Waals surface area contributed by atoms with Gasteiger partial charge in [-0.25, -0.2) is 5.43 Å². The number of phenols is 1. The van der Waals surface area contributed by atoms with Gasteiger partial charge >= 0.3 is 0 Å². The number of amides is 1. The molecule has 7 nitrogen and oxygen atoms in total. The second-order valence-corrected chi connectivity index (χ2v) is 7.02. The molecule has 0 aliphatic carbocycles. The number of aromatic hydroxyl groups is 1. The summed E-state index contributed by atoms with van der Waals surface area (Å²) < 4.78 is 6.37. The van der Waals surface area contributed by atoms with Crippen molar-refractivity contribution in [1.82, 2.24) is 9.99 Å². The number of carbonyl (C=O) groups excluding carboxylic acids is 1. The van der Waals surface area contributed by atoms with Crippen LogP contribution in [0.2, 0.25) is 10.0 Å². The predicted octanol–water partition coefficient (Wildman–Crippen LogP) is 3.68. The van der Waals surface area contributed by atoms with E-state index in [2.05, 4.69) is 10.5 Å². The van der Waals surface area contributed by atoms with Crippen LogP contribution in [-0.4, -0.2) is 28.9 Å². The number of hydrazone groups is 1. The molecule has 2 N–H and O–H groups in total. The number of phenolic OH excluding ortho intramolecular Hbond substituents is 1. The van der Waals surface area contributed by atoms with Crippen molar-refractivity contribution in [3.8, 4) is 11.5 Å². The molecule has 154 valence electrons. The van der Waals surface area contributed by atoms with Crippen LogP contribution >= 0.6 is 23.2 Å². The molecule has 30 heavy (non-hydrogen) atoms. The number of hydrogen-bond donors (Lipinski definition) is 2. The average Bonchev–Trinajstić information content (AvgIpc) is 2.73. The monoisotopic (exact) mass is 445 g/mol. The van der Waals surface area contributed by atoms with E-state index in [0.717, 1.165) is 5.56 Å². The Bertz CT molecular complexity index is 1180. The number of nitrogens with zero attached hydrogens (tertiary/aromatic N) is 2. The minimum Gasteiger partial charge on any atom is -0.503 e. The molecule has 3 aromatic rings. The van der Waals surface area contributed by atoms with Crippen LogP contribution in [0, 0.1) is 0 Å². The molecular formula is C21H17Cl2N3O4. The Morgan fingerprint density at radius 1 is 1.23 bits per heavy atom. The summed E-state index contributed by atoms with van der Waals surface area (Å²) in [7, 11) is 1.40. The van der Waals surface area contributed by atoms with Gasteiger partial charge in [-0.2, -0.15) is 5.10 Å². The number of rotatable bonds is 6. The van der Waals surface area contributed by atoms with E-state index in [0.29, 0.717) is 10.6 Å². The number of benzene rings is 2. The van der Waals surface area contributed by atoms with Gasteiger partial charge in [0, 0.05) is 16.8 Å².